The second-order valence-corrected chi connectivity index (χ2v) is 5.85. The van der Waals surface area contributed by atoms with Gasteiger partial charge >= 0.3 is 5.97 Å². The van der Waals surface area contributed by atoms with Crippen LogP contribution in [0.4, 0.5) is 0 Å². The Balaban J connectivity index is 1.81. The summed E-state index contributed by atoms with van der Waals surface area (Å²) in [6.07, 6.45) is 3.79. The zero-order chi connectivity index (χ0) is 17.3. The van der Waals surface area contributed by atoms with Crippen LogP contribution in [0.5, 0.6) is 0 Å². The minimum absolute atomic E-state index is 0.387. The Morgan fingerprint density at radius 1 is 1.38 bits per heavy atom. The SMILES string of the molecule is COC(=O)c1cccn2cc(CN(C)Cc3c(C)noc3C)nc12. The van der Waals surface area contributed by atoms with Crippen LogP contribution in [0.25, 0.3) is 5.65 Å². The van der Waals surface area contributed by atoms with Gasteiger partial charge in [0, 0.05) is 31.0 Å². The molecule has 0 bridgehead atoms. The molecule has 0 aromatic carbocycles. The minimum atomic E-state index is -0.387. The van der Waals surface area contributed by atoms with Gasteiger partial charge in [0.05, 0.1) is 18.5 Å². The molecule has 0 saturated heterocycles. The van der Waals surface area contributed by atoms with Gasteiger partial charge in [-0.3, -0.25) is 4.90 Å². The van der Waals surface area contributed by atoms with E-state index in [9.17, 15) is 4.79 Å². The van der Waals surface area contributed by atoms with Crippen molar-refractivity contribution in [3.05, 3.63) is 52.8 Å². The number of ether oxygens (including phenoxy) is 1. The molecule has 3 aromatic rings. The molecule has 7 nitrogen and oxygen atoms in total. The lowest BCUT2D eigenvalue weighted by Gasteiger charge is -2.14. The van der Waals surface area contributed by atoms with Gasteiger partial charge in [-0.1, -0.05) is 5.16 Å². The predicted molar refractivity (Wildman–Crippen MR) is 87.7 cm³/mol. The first-order chi connectivity index (χ1) is 11.5. The summed E-state index contributed by atoms with van der Waals surface area (Å²) in [5.74, 6) is 0.448. The van der Waals surface area contributed by atoms with E-state index in [4.69, 9.17) is 9.26 Å². The van der Waals surface area contributed by atoms with Gasteiger partial charge in [-0.15, -0.1) is 0 Å². The molecule has 0 unspecified atom stereocenters. The zero-order valence-corrected chi connectivity index (χ0v) is 14.2. The average Bonchev–Trinajstić information content (AvgIpc) is 3.11. The largest absolute Gasteiger partial charge is 0.465 e. The van der Waals surface area contributed by atoms with E-state index >= 15 is 0 Å². The topological polar surface area (TPSA) is 72.9 Å². The van der Waals surface area contributed by atoms with Crippen LogP contribution in [0.15, 0.2) is 29.0 Å². The molecule has 126 valence electrons. The molecular weight excluding hydrogens is 308 g/mol. The van der Waals surface area contributed by atoms with Gasteiger partial charge < -0.3 is 13.7 Å². The quantitative estimate of drug-likeness (QED) is 0.670. The number of nitrogens with zero attached hydrogens (tertiary/aromatic N) is 4. The van der Waals surface area contributed by atoms with Crippen LogP contribution < -0.4 is 0 Å². The normalized spacial score (nSPS) is 11.4. The van der Waals surface area contributed by atoms with E-state index in [0.29, 0.717) is 17.8 Å². The fourth-order valence-corrected chi connectivity index (χ4v) is 2.74. The summed E-state index contributed by atoms with van der Waals surface area (Å²) in [7, 11) is 3.38. The lowest BCUT2D eigenvalue weighted by Crippen LogP contribution is -2.18. The summed E-state index contributed by atoms with van der Waals surface area (Å²) >= 11 is 0. The van der Waals surface area contributed by atoms with Gasteiger partial charge in [-0.2, -0.15) is 0 Å². The number of rotatable bonds is 5. The van der Waals surface area contributed by atoms with Gasteiger partial charge in [0.15, 0.2) is 5.65 Å². The second kappa shape index (κ2) is 6.45. The summed E-state index contributed by atoms with van der Waals surface area (Å²) < 4.78 is 11.9. The molecule has 0 atom stereocenters. The number of imidazole rings is 1. The van der Waals surface area contributed by atoms with E-state index < -0.39 is 0 Å². The van der Waals surface area contributed by atoms with Crippen LogP contribution in [-0.2, 0) is 17.8 Å². The minimum Gasteiger partial charge on any atom is -0.465 e. The van der Waals surface area contributed by atoms with Gasteiger partial charge in [0.25, 0.3) is 0 Å². The number of esters is 1. The Labute approximate surface area is 139 Å². The second-order valence-electron chi connectivity index (χ2n) is 5.85. The molecule has 0 aliphatic heterocycles. The number of aryl methyl sites for hydroxylation is 2. The molecule has 0 spiro atoms. The van der Waals surface area contributed by atoms with Crippen LogP contribution in [0.1, 0.15) is 33.1 Å². The number of carbonyl (C=O) groups excluding carboxylic acids is 1. The Morgan fingerprint density at radius 3 is 2.83 bits per heavy atom. The van der Waals surface area contributed by atoms with Gasteiger partial charge in [0.1, 0.15) is 11.3 Å². The van der Waals surface area contributed by atoms with Crippen molar-refractivity contribution in [3.8, 4) is 0 Å². The third kappa shape index (κ3) is 3.03. The van der Waals surface area contributed by atoms with Gasteiger partial charge in [-0.05, 0) is 33.0 Å². The highest BCUT2D eigenvalue weighted by molar-refractivity contribution is 5.95. The number of aromatic nitrogens is 3. The van der Waals surface area contributed by atoms with E-state index in [0.717, 1.165) is 29.3 Å². The maximum Gasteiger partial charge on any atom is 0.341 e. The Bertz CT molecular complexity index is 862. The fourth-order valence-electron chi connectivity index (χ4n) is 2.74. The Hall–Kier alpha value is -2.67. The molecule has 0 radical (unpaired) electrons. The van der Waals surface area contributed by atoms with Crippen LogP contribution in [0.2, 0.25) is 0 Å². The highest BCUT2D eigenvalue weighted by Crippen LogP contribution is 2.17. The summed E-state index contributed by atoms with van der Waals surface area (Å²) in [6, 6.07) is 3.52. The zero-order valence-electron chi connectivity index (χ0n) is 14.2. The third-order valence-corrected chi connectivity index (χ3v) is 3.98. The first kappa shape index (κ1) is 16.2. The number of hydrogen-bond acceptors (Lipinski definition) is 6. The van der Waals surface area contributed by atoms with Crippen molar-refractivity contribution in [2.24, 2.45) is 0 Å². The molecule has 0 N–H and O–H groups in total. The number of fused-ring (bicyclic) bond motifs is 1. The monoisotopic (exact) mass is 328 g/mol. The molecule has 3 rings (SSSR count). The van der Waals surface area contributed by atoms with Gasteiger partial charge in [0.2, 0.25) is 0 Å². The molecular formula is C17H20N4O3. The molecule has 0 aliphatic carbocycles. The predicted octanol–water partition coefficient (Wildman–Crippen LogP) is 2.36. The summed E-state index contributed by atoms with van der Waals surface area (Å²) in [5.41, 5.74) is 3.93. The van der Waals surface area contributed by atoms with E-state index in [-0.39, 0.29) is 5.97 Å². The van der Waals surface area contributed by atoms with E-state index in [1.807, 2.05) is 37.7 Å². The van der Waals surface area contributed by atoms with E-state index in [1.54, 1.807) is 12.1 Å². The van der Waals surface area contributed by atoms with Crippen LogP contribution in [0, 0.1) is 13.8 Å². The maximum absolute atomic E-state index is 11.8. The smallest absolute Gasteiger partial charge is 0.341 e. The number of pyridine rings is 1. The van der Waals surface area contributed by atoms with Crippen molar-refractivity contribution < 1.29 is 14.1 Å². The van der Waals surface area contributed by atoms with E-state index in [1.165, 1.54) is 7.11 Å². The molecule has 0 saturated carbocycles. The first-order valence-electron chi connectivity index (χ1n) is 7.64. The van der Waals surface area contributed by atoms with Crippen molar-refractivity contribution in [2.45, 2.75) is 26.9 Å². The first-order valence-corrected chi connectivity index (χ1v) is 7.64. The number of carbonyl (C=O) groups is 1. The Morgan fingerprint density at radius 2 is 2.17 bits per heavy atom. The standard InChI is InChI=1S/C17H20N4O3/c1-11-15(12(2)24-19-11)10-20(3)8-13-9-21-7-5-6-14(16(21)18-13)17(22)23-4/h5-7,9H,8,10H2,1-4H3. The van der Waals surface area contributed by atoms with Crippen molar-refractivity contribution in [3.63, 3.8) is 0 Å². The van der Waals surface area contributed by atoms with Crippen molar-refractivity contribution >= 4 is 11.6 Å². The lowest BCUT2D eigenvalue weighted by atomic mass is 10.2. The van der Waals surface area contributed by atoms with Crippen LogP contribution in [-0.4, -0.2) is 39.6 Å². The molecule has 0 fully saturated rings. The molecule has 7 heteroatoms. The highest BCUT2D eigenvalue weighted by atomic mass is 16.5. The summed E-state index contributed by atoms with van der Waals surface area (Å²) in [4.78, 5) is 18.6. The average molecular weight is 328 g/mol. The van der Waals surface area contributed by atoms with E-state index in [2.05, 4.69) is 15.0 Å². The van der Waals surface area contributed by atoms with Crippen molar-refractivity contribution in [1.82, 2.24) is 19.4 Å². The highest BCUT2D eigenvalue weighted by Gasteiger charge is 2.15. The molecule has 24 heavy (non-hydrogen) atoms. The number of hydrogen-bond donors (Lipinski definition) is 0. The maximum atomic E-state index is 11.8. The summed E-state index contributed by atoms with van der Waals surface area (Å²) in [6.45, 7) is 5.22. The van der Waals surface area contributed by atoms with Crippen LogP contribution in [0.3, 0.4) is 0 Å². The van der Waals surface area contributed by atoms with Gasteiger partial charge in [-0.25, -0.2) is 9.78 Å². The van der Waals surface area contributed by atoms with Crippen molar-refractivity contribution in [1.29, 1.82) is 0 Å². The van der Waals surface area contributed by atoms with Crippen molar-refractivity contribution in [2.75, 3.05) is 14.2 Å². The summed E-state index contributed by atoms with van der Waals surface area (Å²) in [5, 5.41) is 3.98. The molecule has 3 aromatic heterocycles. The molecule has 0 aliphatic rings. The lowest BCUT2D eigenvalue weighted by molar-refractivity contribution is 0.0602. The Kier molecular flexibility index (Phi) is 4.35. The molecule has 3 heterocycles. The fraction of sp³-hybridized carbons (Fsp3) is 0.353. The molecule has 0 amide bonds. The number of methoxy groups -OCH3 is 1. The third-order valence-electron chi connectivity index (χ3n) is 3.98. The van der Waals surface area contributed by atoms with Crippen LogP contribution >= 0.6 is 0 Å².